The van der Waals surface area contributed by atoms with Crippen molar-refractivity contribution in [2.75, 3.05) is 13.1 Å². The lowest BCUT2D eigenvalue weighted by molar-refractivity contribution is -0.151. The maximum atomic E-state index is 12.7. The number of aliphatic hydroxyl groups is 1. The third kappa shape index (κ3) is 2.60. The molecule has 0 radical (unpaired) electrons. The lowest BCUT2D eigenvalue weighted by Crippen LogP contribution is -2.57. The van der Waals surface area contributed by atoms with E-state index in [4.69, 9.17) is 0 Å². The Morgan fingerprint density at radius 2 is 2.21 bits per heavy atom. The minimum absolute atomic E-state index is 0.128. The van der Waals surface area contributed by atoms with E-state index in [0.717, 1.165) is 25.8 Å². The molecule has 0 saturated carbocycles. The first-order valence-corrected chi connectivity index (χ1v) is 6.97. The van der Waals surface area contributed by atoms with E-state index in [1.807, 2.05) is 6.92 Å². The van der Waals surface area contributed by atoms with Gasteiger partial charge in [-0.3, -0.25) is 4.79 Å². The largest absolute Gasteiger partial charge is 0.480 e. The van der Waals surface area contributed by atoms with Gasteiger partial charge in [-0.2, -0.15) is 0 Å². The number of carboxylic acids is 1. The van der Waals surface area contributed by atoms with Crippen LogP contribution < -0.4 is 5.32 Å². The van der Waals surface area contributed by atoms with E-state index in [9.17, 15) is 19.8 Å². The van der Waals surface area contributed by atoms with Gasteiger partial charge in [0.25, 0.3) is 0 Å². The minimum Gasteiger partial charge on any atom is -0.480 e. The molecular weight excluding hydrogens is 248 g/mol. The van der Waals surface area contributed by atoms with Crippen LogP contribution in [0.1, 0.15) is 39.0 Å². The van der Waals surface area contributed by atoms with Crippen molar-refractivity contribution in [1.29, 1.82) is 0 Å². The number of nitrogens with one attached hydrogen (secondary N) is 1. The summed E-state index contributed by atoms with van der Waals surface area (Å²) in [5, 5.41) is 22.1. The SMILES string of the molecule is CCCC1(C(=O)N2CC(O)CC2C(=O)O)CCCN1. The molecule has 2 saturated heterocycles. The first-order chi connectivity index (χ1) is 9.00. The summed E-state index contributed by atoms with van der Waals surface area (Å²) in [6.07, 6.45) is 2.66. The van der Waals surface area contributed by atoms with E-state index in [2.05, 4.69) is 5.32 Å². The lowest BCUT2D eigenvalue weighted by atomic mass is 9.90. The van der Waals surface area contributed by atoms with Gasteiger partial charge >= 0.3 is 5.97 Å². The fourth-order valence-corrected chi connectivity index (χ4v) is 3.28. The van der Waals surface area contributed by atoms with Crippen LogP contribution >= 0.6 is 0 Å². The third-order valence-electron chi connectivity index (χ3n) is 4.15. The number of hydrogen-bond donors (Lipinski definition) is 3. The van der Waals surface area contributed by atoms with Crippen LogP contribution in [0.4, 0.5) is 0 Å². The molecule has 0 aromatic carbocycles. The zero-order valence-corrected chi connectivity index (χ0v) is 11.3. The van der Waals surface area contributed by atoms with E-state index in [1.165, 1.54) is 4.90 Å². The molecule has 3 unspecified atom stereocenters. The Balaban J connectivity index is 2.19. The van der Waals surface area contributed by atoms with Crippen molar-refractivity contribution in [1.82, 2.24) is 10.2 Å². The highest BCUT2D eigenvalue weighted by Gasteiger charge is 2.48. The highest BCUT2D eigenvalue weighted by Crippen LogP contribution is 2.30. The number of amides is 1. The standard InChI is InChI=1S/C13H22N2O4/c1-2-4-13(5-3-6-14-13)12(19)15-8-9(16)7-10(15)11(17)18/h9-10,14,16H,2-8H2,1H3,(H,17,18). The second-order valence-electron chi connectivity index (χ2n) is 5.56. The predicted octanol–water partition coefficient (Wildman–Crippen LogP) is -0.0449. The maximum Gasteiger partial charge on any atom is 0.326 e. The molecular formula is C13H22N2O4. The zero-order valence-electron chi connectivity index (χ0n) is 11.3. The van der Waals surface area contributed by atoms with Gasteiger partial charge in [0.05, 0.1) is 11.6 Å². The summed E-state index contributed by atoms with van der Waals surface area (Å²) >= 11 is 0. The Kier molecular flexibility index (Phi) is 4.10. The molecule has 2 aliphatic heterocycles. The lowest BCUT2D eigenvalue weighted by Gasteiger charge is -2.34. The number of rotatable bonds is 4. The van der Waals surface area contributed by atoms with Gasteiger partial charge in [-0.1, -0.05) is 13.3 Å². The highest BCUT2D eigenvalue weighted by molar-refractivity contribution is 5.91. The van der Waals surface area contributed by atoms with Crippen LogP contribution in [-0.2, 0) is 9.59 Å². The Labute approximate surface area is 112 Å². The zero-order chi connectivity index (χ0) is 14.0. The number of hydrogen-bond acceptors (Lipinski definition) is 4. The monoisotopic (exact) mass is 270 g/mol. The fourth-order valence-electron chi connectivity index (χ4n) is 3.28. The van der Waals surface area contributed by atoms with Crippen molar-refractivity contribution in [2.45, 2.75) is 56.7 Å². The van der Waals surface area contributed by atoms with Gasteiger partial charge in [0.15, 0.2) is 0 Å². The molecule has 0 aromatic heterocycles. The summed E-state index contributed by atoms with van der Waals surface area (Å²) in [5.74, 6) is -1.19. The summed E-state index contributed by atoms with van der Waals surface area (Å²) < 4.78 is 0. The van der Waals surface area contributed by atoms with Crippen molar-refractivity contribution in [3.8, 4) is 0 Å². The molecule has 2 aliphatic rings. The minimum atomic E-state index is -1.03. The van der Waals surface area contributed by atoms with Gasteiger partial charge < -0.3 is 20.4 Å². The molecule has 2 fully saturated rings. The Morgan fingerprint density at radius 1 is 1.47 bits per heavy atom. The highest BCUT2D eigenvalue weighted by atomic mass is 16.4. The average Bonchev–Trinajstić information content (AvgIpc) is 2.96. The number of β-amino-alcohol motifs (C(OH)–C–C–N with tert-alkyl or cyclic N) is 1. The molecule has 0 aromatic rings. The van der Waals surface area contributed by atoms with Crippen LogP contribution in [0, 0.1) is 0 Å². The molecule has 3 N–H and O–H groups in total. The van der Waals surface area contributed by atoms with Gasteiger partial charge in [0, 0.05) is 13.0 Å². The van der Waals surface area contributed by atoms with Crippen molar-refractivity contribution < 1.29 is 19.8 Å². The Morgan fingerprint density at radius 3 is 2.74 bits per heavy atom. The number of carbonyl (C=O) groups excluding carboxylic acids is 1. The van der Waals surface area contributed by atoms with Crippen LogP contribution in [0.25, 0.3) is 0 Å². The molecule has 2 rings (SSSR count). The summed E-state index contributed by atoms with van der Waals surface area (Å²) in [6.45, 7) is 2.94. The molecule has 2 heterocycles. The van der Waals surface area contributed by atoms with Gasteiger partial charge in [0.2, 0.25) is 5.91 Å². The van der Waals surface area contributed by atoms with Crippen LogP contribution in [0.5, 0.6) is 0 Å². The van der Waals surface area contributed by atoms with Crippen LogP contribution in [0.3, 0.4) is 0 Å². The average molecular weight is 270 g/mol. The first-order valence-electron chi connectivity index (χ1n) is 6.97. The molecule has 0 bridgehead atoms. The molecule has 6 nitrogen and oxygen atoms in total. The Bertz CT molecular complexity index is 366. The quantitative estimate of drug-likeness (QED) is 0.666. The smallest absolute Gasteiger partial charge is 0.326 e. The number of carboxylic acid groups (broad SMARTS) is 1. The number of nitrogens with zero attached hydrogens (tertiary/aromatic N) is 1. The van der Waals surface area contributed by atoms with Gasteiger partial charge in [-0.25, -0.2) is 4.79 Å². The van der Waals surface area contributed by atoms with E-state index in [1.54, 1.807) is 0 Å². The molecule has 1 amide bonds. The van der Waals surface area contributed by atoms with Crippen LogP contribution in [-0.4, -0.2) is 57.8 Å². The number of aliphatic carboxylic acids is 1. The van der Waals surface area contributed by atoms with Gasteiger partial charge in [-0.05, 0) is 25.8 Å². The number of likely N-dealkylation sites (tertiary alicyclic amines) is 1. The second kappa shape index (κ2) is 5.46. The van der Waals surface area contributed by atoms with Gasteiger partial charge in [-0.15, -0.1) is 0 Å². The number of aliphatic hydroxyl groups excluding tert-OH is 1. The van der Waals surface area contributed by atoms with E-state index in [0.29, 0.717) is 6.42 Å². The summed E-state index contributed by atoms with van der Waals surface area (Å²) in [6, 6.07) is -0.890. The molecule has 0 aliphatic carbocycles. The molecule has 0 spiro atoms. The van der Waals surface area contributed by atoms with Crippen molar-refractivity contribution in [3.05, 3.63) is 0 Å². The van der Waals surface area contributed by atoms with E-state index < -0.39 is 23.7 Å². The third-order valence-corrected chi connectivity index (χ3v) is 4.15. The fraction of sp³-hybridized carbons (Fsp3) is 0.846. The first kappa shape index (κ1) is 14.3. The molecule has 6 heteroatoms. The normalized spacial score (nSPS) is 34.7. The van der Waals surface area contributed by atoms with Crippen molar-refractivity contribution in [3.63, 3.8) is 0 Å². The number of carbonyl (C=O) groups is 2. The van der Waals surface area contributed by atoms with Crippen LogP contribution in [0.15, 0.2) is 0 Å². The molecule has 19 heavy (non-hydrogen) atoms. The van der Waals surface area contributed by atoms with E-state index in [-0.39, 0.29) is 18.9 Å². The van der Waals surface area contributed by atoms with Crippen molar-refractivity contribution in [2.24, 2.45) is 0 Å². The topological polar surface area (TPSA) is 89.9 Å². The van der Waals surface area contributed by atoms with Gasteiger partial charge in [0.1, 0.15) is 6.04 Å². The Hall–Kier alpha value is -1.14. The predicted molar refractivity (Wildman–Crippen MR) is 68.6 cm³/mol. The van der Waals surface area contributed by atoms with Crippen LogP contribution in [0.2, 0.25) is 0 Å². The maximum absolute atomic E-state index is 12.7. The van der Waals surface area contributed by atoms with Crippen molar-refractivity contribution >= 4 is 11.9 Å². The summed E-state index contributed by atoms with van der Waals surface area (Å²) in [7, 11) is 0. The summed E-state index contributed by atoms with van der Waals surface area (Å²) in [5.41, 5.74) is -0.619. The summed E-state index contributed by atoms with van der Waals surface area (Å²) in [4.78, 5) is 25.3. The second-order valence-corrected chi connectivity index (χ2v) is 5.56. The molecule has 108 valence electrons. The molecule has 3 atom stereocenters. The van der Waals surface area contributed by atoms with E-state index >= 15 is 0 Å².